The van der Waals surface area contributed by atoms with Gasteiger partial charge >= 0.3 is 0 Å². The number of nitrogens with zero attached hydrogens (tertiary/aromatic N) is 2. The van der Waals surface area contributed by atoms with E-state index in [1.807, 2.05) is 25.1 Å². The van der Waals surface area contributed by atoms with Crippen molar-refractivity contribution in [3.63, 3.8) is 0 Å². The minimum absolute atomic E-state index is 0.392. The van der Waals surface area contributed by atoms with Crippen LogP contribution in [0.5, 0.6) is 5.88 Å². The summed E-state index contributed by atoms with van der Waals surface area (Å²) in [6.45, 7) is 6.67. The van der Waals surface area contributed by atoms with Crippen molar-refractivity contribution in [2.24, 2.45) is 0 Å². The van der Waals surface area contributed by atoms with Gasteiger partial charge in [0, 0.05) is 5.39 Å². The second-order valence-corrected chi connectivity index (χ2v) is 4.46. The second kappa shape index (κ2) is 5.05. The molecule has 0 saturated carbocycles. The van der Waals surface area contributed by atoms with E-state index in [1.165, 1.54) is 5.56 Å². The minimum Gasteiger partial charge on any atom is -0.477 e. The van der Waals surface area contributed by atoms with E-state index in [2.05, 4.69) is 31.0 Å². The molecule has 0 aliphatic heterocycles. The maximum atomic E-state index is 9.11. The Hall–Kier alpha value is -2.08. The number of aromatic nitrogens is 1. The van der Waals surface area contributed by atoms with Crippen molar-refractivity contribution >= 4 is 10.9 Å². The molecule has 18 heavy (non-hydrogen) atoms. The first-order valence-corrected chi connectivity index (χ1v) is 6.14. The molecule has 0 aliphatic rings. The molecule has 0 unspecified atom stereocenters. The molecule has 0 atom stereocenters. The van der Waals surface area contributed by atoms with Gasteiger partial charge in [-0.3, -0.25) is 0 Å². The van der Waals surface area contributed by atoms with Crippen LogP contribution < -0.4 is 4.74 Å². The lowest BCUT2D eigenvalue weighted by Gasteiger charge is -2.11. The van der Waals surface area contributed by atoms with Gasteiger partial charge in [0.1, 0.15) is 11.6 Å². The van der Waals surface area contributed by atoms with Crippen molar-refractivity contribution in [3.8, 4) is 11.9 Å². The van der Waals surface area contributed by atoms with E-state index >= 15 is 0 Å². The van der Waals surface area contributed by atoms with Crippen molar-refractivity contribution in [3.05, 3.63) is 35.4 Å². The summed E-state index contributed by atoms with van der Waals surface area (Å²) in [5.41, 5.74) is 2.60. The number of nitriles is 1. The molecular formula is C15H16N2O. The zero-order valence-corrected chi connectivity index (χ0v) is 10.9. The molecule has 0 fully saturated rings. The molecule has 0 bridgehead atoms. The van der Waals surface area contributed by atoms with Crippen molar-refractivity contribution < 1.29 is 4.74 Å². The summed E-state index contributed by atoms with van der Waals surface area (Å²) in [6.07, 6.45) is 0. The average Bonchev–Trinajstić information content (AvgIpc) is 2.37. The number of para-hydroxylation sites is 1. The SMILES string of the molecule is CCOc1nc2c(C(C)C)cccc2cc1C#N. The highest BCUT2D eigenvalue weighted by atomic mass is 16.5. The number of fused-ring (bicyclic) bond motifs is 1. The van der Waals surface area contributed by atoms with Gasteiger partial charge in [0.15, 0.2) is 0 Å². The zero-order valence-electron chi connectivity index (χ0n) is 10.9. The molecule has 0 spiro atoms. The van der Waals surface area contributed by atoms with Crippen LogP contribution in [0.3, 0.4) is 0 Å². The molecular weight excluding hydrogens is 224 g/mol. The van der Waals surface area contributed by atoms with E-state index in [1.54, 1.807) is 0 Å². The highest BCUT2D eigenvalue weighted by molar-refractivity contribution is 5.84. The lowest BCUT2D eigenvalue weighted by molar-refractivity contribution is 0.327. The largest absolute Gasteiger partial charge is 0.477 e. The quantitative estimate of drug-likeness (QED) is 0.823. The first-order chi connectivity index (χ1) is 8.67. The van der Waals surface area contributed by atoms with E-state index in [-0.39, 0.29) is 0 Å². The maximum absolute atomic E-state index is 9.11. The molecule has 92 valence electrons. The Morgan fingerprint density at radius 3 is 2.78 bits per heavy atom. The first-order valence-electron chi connectivity index (χ1n) is 6.14. The Kier molecular flexibility index (Phi) is 3.47. The number of hydrogen-bond acceptors (Lipinski definition) is 3. The Morgan fingerprint density at radius 1 is 1.39 bits per heavy atom. The molecule has 3 nitrogen and oxygen atoms in total. The summed E-state index contributed by atoms with van der Waals surface area (Å²) in [5, 5.41) is 10.1. The van der Waals surface area contributed by atoms with Gasteiger partial charge in [-0.1, -0.05) is 32.0 Å². The smallest absolute Gasteiger partial charge is 0.232 e. The third-order valence-corrected chi connectivity index (χ3v) is 2.87. The van der Waals surface area contributed by atoms with Crippen LogP contribution in [0.25, 0.3) is 10.9 Å². The minimum atomic E-state index is 0.392. The van der Waals surface area contributed by atoms with E-state index < -0.39 is 0 Å². The molecule has 0 amide bonds. The fourth-order valence-electron chi connectivity index (χ4n) is 2.00. The zero-order chi connectivity index (χ0) is 13.1. The molecule has 2 aromatic rings. The Labute approximate surface area is 107 Å². The number of pyridine rings is 1. The lowest BCUT2D eigenvalue weighted by Crippen LogP contribution is -2.00. The molecule has 0 radical (unpaired) electrons. The molecule has 0 aliphatic carbocycles. The van der Waals surface area contributed by atoms with Crippen LogP contribution in [0.2, 0.25) is 0 Å². The van der Waals surface area contributed by atoms with Gasteiger partial charge in [-0.25, -0.2) is 4.98 Å². The second-order valence-electron chi connectivity index (χ2n) is 4.46. The van der Waals surface area contributed by atoms with E-state index in [9.17, 15) is 0 Å². The summed E-state index contributed by atoms with van der Waals surface area (Å²) < 4.78 is 5.44. The predicted molar refractivity (Wildman–Crippen MR) is 71.7 cm³/mol. The van der Waals surface area contributed by atoms with Gasteiger partial charge in [-0.05, 0) is 24.5 Å². The molecule has 2 rings (SSSR count). The summed E-state index contributed by atoms with van der Waals surface area (Å²) in [6, 6.07) is 10.0. The van der Waals surface area contributed by atoms with Crippen LogP contribution in [0.1, 0.15) is 37.8 Å². The lowest BCUT2D eigenvalue weighted by atomic mass is 9.99. The summed E-state index contributed by atoms with van der Waals surface area (Å²) in [4.78, 5) is 4.51. The van der Waals surface area contributed by atoms with Crippen LogP contribution in [0.15, 0.2) is 24.3 Å². The van der Waals surface area contributed by atoms with Crippen LogP contribution in [-0.4, -0.2) is 11.6 Å². The number of hydrogen-bond donors (Lipinski definition) is 0. The third-order valence-electron chi connectivity index (χ3n) is 2.87. The number of benzene rings is 1. The maximum Gasteiger partial charge on any atom is 0.232 e. The van der Waals surface area contributed by atoms with Crippen molar-refractivity contribution in [1.29, 1.82) is 5.26 Å². The summed E-state index contributed by atoms with van der Waals surface area (Å²) >= 11 is 0. The molecule has 0 saturated heterocycles. The van der Waals surface area contributed by atoms with E-state index in [4.69, 9.17) is 10.00 Å². The third kappa shape index (κ3) is 2.14. The monoisotopic (exact) mass is 240 g/mol. The molecule has 1 heterocycles. The average molecular weight is 240 g/mol. The topological polar surface area (TPSA) is 45.9 Å². The highest BCUT2D eigenvalue weighted by Gasteiger charge is 2.11. The van der Waals surface area contributed by atoms with E-state index in [0.29, 0.717) is 24.0 Å². The van der Waals surface area contributed by atoms with Crippen molar-refractivity contribution in [2.75, 3.05) is 6.61 Å². The Morgan fingerprint density at radius 2 is 2.17 bits per heavy atom. The Balaban J connectivity index is 2.72. The number of ether oxygens (including phenoxy) is 1. The fraction of sp³-hybridized carbons (Fsp3) is 0.333. The summed E-state index contributed by atoms with van der Waals surface area (Å²) in [5.74, 6) is 0.823. The van der Waals surface area contributed by atoms with Gasteiger partial charge in [-0.15, -0.1) is 0 Å². The van der Waals surface area contributed by atoms with Crippen molar-refractivity contribution in [2.45, 2.75) is 26.7 Å². The van der Waals surface area contributed by atoms with Gasteiger partial charge in [0.25, 0.3) is 0 Å². The van der Waals surface area contributed by atoms with Crippen LogP contribution >= 0.6 is 0 Å². The molecule has 1 aromatic heterocycles. The molecule has 1 aromatic carbocycles. The predicted octanol–water partition coefficient (Wildman–Crippen LogP) is 3.63. The standard InChI is InChI=1S/C15H16N2O/c1-4-18-15-12(9-16)8-11-6-5-7-13(10(2)3)14(11)17-15/h5-8,10H,4H2,1-3H3. The van der Waals surface area contributed by atoms with Crippen LogP contribution in [-0.2, 0) is 0 Å². The van der Waals surface area contributed by atoms with Gasteiger partial charge < -0.3 is 4.74 Å². The normalized spacial score (nSPS) is 10.6. The van der Waals surface area contributed by atoms with Gasteiger partial charge in [0.2, 0.25) is 5.88 Å². The summed E-state index contributed by atoms with van der Waals surface area (Å²) in [7, 11) is 0. The van der Waals surface area contributed by atoms with Crippen LogP contribution in [0.4, 0.5) is 0 Å². The Bertz CT molecular complexity index is 612. The van der Waals surface area contributed by atoms with Gasteiger partial charge in [-0.2, -0.15) is 5.26 Å². The number of rotatable bonds is 3. The fourth-order valence-corrected chi connectivity index (χ4v) is 2.00. The molecule has 3 heteroatoms. The molecule has 0 N–H and O–H groups in total. The van der Waals surface area contributed by atoms with E-state index in [0.717, 1.165) is 10.9 Å². The first kappa shape index (κ1) is 12.4. The van der Waals surface area contributed by atoms with Gasteiger partial charge in [0.05, 0.1) is 12.1 Å². The van der Waals surface area contributed by atoms with Crippen molar-refractivity contribution in [1.82, 2.24) is 4.98 Å². The highest BCUT2D eigenvalue weighted by Crippen LogP contribution is 2.28. The van der Waals surface area contributed by atoms with Crippen LogP contribution in [0, 0.1) is 11.3 Å².